The molecule has 0 heterocycles. The van der Waals surface area contributed by atoms with Crippen LogP contribution in [0.25, 0.3) is 0 Å². The largest absolute Gasteiger partial charge is 0.450 e. The first kappa shape index (κ1) is 26.1. The Hall–Kier alpha value is -1.96. The van der Waals surface area contributed by atoms with Crippen molar-refractivity contribution in [2.45, 2.75) is 90.0 Å². The van der Waals surface area contributed by atoms with E-state index in [9.17, 15) is 28.3 Å². The molecular formula is C27H35F3O5. The highest BCUT2D eigenvalue weighted by Crippen LogP contribution is 2.71. The number of aliphatic hydroxyl groups excluding tert-OH is 1. The fourth-order valence-corrected chi connectivity index (χ4v) is 8.13. The number of fused-ring (bicyclic) bond motifs is 5. The molecule has 5 nitrogen and oxygen atoms in total. The van der Waals surface area contributed by atoms with Gasteiger partial charge in [-0.25, -0.2) is 13.2 Å². The molecule has 0 saturated heterocycles. The van der Waals surface area contributed by atoms with Crippen LogP contribution in [0, 0.1) is 28.6 Å². The van der Waals surface area contributed by atoms with Crippen LogP contribution in [0.5, 0.6) is 0 Å². The van der Waals surface area contributed by atoms with Crippen LogP contribution >= 0.6 is 0 Å². The van der Waals surface area contributed by atoms with Crippen LogP contribution in [0.3, 0.4) is 0 Å². The molecule has 0 radical (unpaired) electrons. The molecule has 0 bridgehead atoms. The molecular weight excluding hydrogens is 461 g/mol. The Bertz CT molecular complexity index is 1010. The van der Waals surface area contributed by atoms with Crippen molar-refractivity contribution in [1.82, 2.24) is 0 Å². The van der Waals surface area contributed by atoms with Crippen LogP contribution in [-0.4, -0.2) is 46.7 Å². The zero-order chi connectivity index (χ0) is 26.0. The van der Waals surface area contributed by atoms with Gasteiger partial charge < -0.3 is 9.84 Å². The summed E-state index contributed by atoms with van der Waals surface area (Å²) in [5.41, 5.74) is -6.82. The number of carbonyl (C=O) groups excluding carboxylic acids is 3. The van der Waals surface area contributed by atoms with E-state index in [0.717, 1.165) is 12.5 Å². The standard InChI is InChI=1S/C27H35F3O5/c1-5-6-7-22(34)35-27(21(33)14-28)15(2)12-18-16-8-9-17-23(29)19(31)10-11-24(17,3)26(16,30)20(32)13-25(18,27)4/h10-11,15-16,18,20,32H,5-9,12-14H2,1-4H3/t15?,16-,18-,20?,24-,25-,26-,27-/m0/s1. The number of allylic oxidation sites excluding steroid dienone is 4. The molecule has 0 aromatic heterocycles. The highest BCUT2D eigenvalue weighted by atomic mass is 19.1. The molecule has 4 aliphatic rings. The third kappa shape index (κ3) is 3.20. The average molecular weight is 497 g/mol. The molecule has 0 spiro atoms. The summed E-state index contributed by atoms with van der Waals surface area (Å²) in [4.78, 5) is 37.9. The van der Waals surface area contributed by atoms with Crippen molar-refractivity contribution < 1.29 is 37.4 Å². The SMILES string of the molecule is CCCCC(=O)O[C@]1(C(=O)CF)C(C)C[C@H]2[C@@H]3CCC4=C(F)C(=O)C=C[C@]4(C)[C@@]3(F)C(O)C[C@@]21C. The first-order valence-electron chi connectivity index (χ1n) is 12.7. The number of halogens is 3. The smallest absolute Gasteiger partial charge is 0.306 e. The van der Waals surface area contributed by atoms with E-state index in [1.807, 2.05) is 6.92 Å². The fourth-order valence-electron chi connectivity index (χ4n) is 8.13. The lowest BCUT2D eigenvalue weighted by Gasteiger charge is -2.62. The van der Waals surface area contributed by atoms with E-state index in [4.69, 9.17) is 4.74 Å². The van der Waals surface area contributed by atoms with E-state index in [2.05, 4.69) is 0 Å². The van der Waals surface area contributed by atoms with Gasteiger partial charge in [0.15, 0.2) is 23.8 Å². The summed E-state index contributed by atoms with van der Waals surface area (Å²) in [5, 5.41) is 11.4. The van der Waals surface area contributed by atoms with Gasteiger partial charge in [-0.1, -0.05) is 33.3 Å². The van der Waals surface area contributed by atoms with Gasteiger partial charge >= 0.3 is 5.97 Å². The highest BCUT2D eigenvalue weighted by Gasteiger charge is 2.77. The zero-order valence-corrected chi connectivity index (χ0v) is 20.8. The molecule has 4 rings (SSSR count). The molecule has 194 valence electrons. The van der Waals surface area contributed by atoms with Gasteiger partial charge in [0, 0.05) is 29.1 Å². The van der Waals surface area contributed by atoms with Crippen molar-refractivity contribution >= 4 is 17.5 Å². The molecule has 3 fully saturated rings. The Kier molecular flexibility index (Phi) is 6.39. The summed E-state index contributed by atoms with van der Waals surface area (Å²) >= 11 is 0. The number of ketones is 2. The first-order chi connectivity index (χ1) is 16.3. The zero-order valence-electron chi connectivity index (χ0n) is 20.8. The molecule has 4 aliphatic carbocycles. The Morgan fingerprint density at radius 3 is 2.57 bits per heavy atom. The lowest BCUT2D eigenvalue weighted by Crippen LogP contribution is -2.70. The molecule has 3 saturated carbocycles. The summed E-state index contributed by atoms with van der Waals surface area (Å²) in [6.45, 7) is 5.48. The molecule has 0 aromatic carbocycles. The van der Waals surface area contributed by atoms with Crippen molar-refractivity contribution in [2.75, 3.05) is 6.67 Å². The number of hydrogen-bond acceptors (Lipinski definition) is 5. The minimum atomic E-state index is -2.31. The second kappa shape index (κ2) is 8.56. The Morgan fingerprint density at radius 1 is 1.26 bits per heavy atom. The van der Waals surface area contributed by atoms with Crippen LogP contribution < -0.4 is 0 Å². The summed E-state index contributed by atoms with van der Waals surface area (Å²) < 4.78 is 51.9. The number of rotatable bonds is 6. The maximum absolute atomic E-state index is 17.3. The number of ether oxygens (including phenoxy) is 1. The van der Waals surface area contributed by atoms with Gasteiger partial charge in [-0.3, -0.25) is 14.4 Å². The van der Waals surface area contributed by atoms with Crippen LogP contribution in [0.4, 0.5) is 13.2 Å². The maximum Gasteiger partial charge on any atom is 0.306 e. The Labute approximate surface area is 204 Å². The van der Waals surface area contributed by atoms with Gasteiger partial charge in [-0.15, -0.1) is 0 Å². The molecule has 0 aromatic rings. The summed E-state index contributed by atoms with van der Waals surface area (Å²) in [7, 11) is 0. The van der Waals surface area contributed by atoms with Crippen LogP contribution in [-0.2, 0) is 19.1 Å². The third-order valence-corrected chi connectivity index (χ3v) is 9.82. The van der Waals surface area contributed by atoms with Gasteiger partial charge in [0.05, 0.1) is 6.10 Å². The number of hydrogen-bond donors (Lipinski definition) is 1. The monoisotopic (exact) mass is 496 g/mol. The number of carbonyl (C=O) groups is 3. The summed E-state index contributed by atoms with van der Waals surface area (Å²) in [6.07, 6.45) is 2.42. The summed E-state index contributed by atoms with van der Waals surface area (Å²) in [6, 6.07) is 0. The Morgan fingerprint density at radius 2 is 1.94 bits per heavy atom. The lowest BCUT2D eigenvalue weighted by atomic mass is 9.44. The van der Waals surface area contributed by atoms with Gasteiger partial charge in [0.1, 0.15) is 0 Å². The average Bonchev–Trinajstić information content (AvgIpc) is 3.03. The van der Waals surface area contributed by atoms with E-state index in [1.54, 1.807) is 13.8 Å². The van der Waals surface area contributed by atoms with Crippen LogP contribution in [0.15, 0.2) is 23.6 Å². The van der Waals surface area contributed by atoms with Crippen molar-refractivity contribution in [1.29, 1.82) is 0 Å². The van der Waals surface area contributed by atoms with E-state index in [1.165, 1.54) is 13.0 Å². The first-order valence-corrected chi connectivity index (χ1v) is 12.7. The van der Waals surface area contributed by atoms with Crippen molar-refractivity contribution in [2.24, 2.45) is 28.6 Å². The second-order valence-corrected chi connectivity index (χ2v) is 11.4. The molecule has 8 heteroatoms. The minimum Gasteiger partial charge on any atom is -0.450 e. The molecule has 2 unspecified atom stereocenters. The number of esters is 1. The molecule has 8 atom stereocenters. The van der Waals surface area contributed by atoms with Crippen molar-refractivity contribution in [3.63, 3.8) is 0 Å². The Balaban J connectivity index is 1.82. The maximum atomic E-state index is 17.3. The molecule has 35 heavy (non-hydrogen) atoms. The molecule has 0 amide bonds. The van der Waals surface area contributed by atoms with E-state index in [-0.39, 0.29) is 31.3 Å². The van der Waals surface area contributed by atoms with Crippen molar-refractivity contribution in [3.05, 3.63) is 23.6 Å². The normalized spacial score (nSPS) is 44.5. The number of Topliss-reactive ketones (excluding diaryl/α,β-unsaturated/α-hetero) is 1. The quantitative estimate of drug-likeness (QED) is 0.529. The topological polar surface area (TPSA) is 80.7 Å². The van der Waals surface area contributed by atoms with E-state index < -0.39 is 76.0 Å². The molecule has 1 N–H and O–H groups in total. The van der Waals surface area contributed by atoms with Gasteiger partial charge in [0.25, 0.3) is 0 Å². The number of aliphatic hydroxyl groups is 1. The van der Waals surface area contributed by atoms with E-state index in [0.29, 0.717) is 12.8 Å². The van der Waals surface area contributed by atoms with Crippen LogP contribution in [0.1, 0.15) is 72.6 Å². The van der Waals surface area contributed by atoms with Gasteiger partial charge in [-0.2, -0.15) is 0 Å². The second-order valence-electron chi connectivity index (χ2n) is 11.4. The number of alkyl halides is 2. The fraction of sp³-hybridized carbons (Fsp3) is 0.741. The highest BCUT2D eigenvalue weighted by molar-refractivity contribution is 6.04. The number of unbranched alkanes of at least 4 members (excludes halogenated alkanes) is 1. The van der Waals surface area contributed by atoms with Gasteiger partial charge in [0.2, 0.25) is 11.6 Å². The van der Waals surface area contributed by atoms with E-state index >= 15 is 4.39 Å². The minimum absolute atomic E-state index is 0.0505. The lowest BCUT2D eigenvalue weighted by molar-refractivity contribution is -0.228. The summed E-state index contributed by atoms with van der Waals surface area (Å²) in [5.74, 6) is -5.17. The predicted octanol–water partition coefficient (Wildman–Crippen LogP) is 4.91. The van der Waals surface area contributed by atoms with Crippen molar-refractivity contribution in [3.8, 4) is 0 Å². The molecule has 0 aliphatic heterocycles. The van der Waals surface area contributed by atoms with Crippen LogP contribution in [0.2, 0.25) is 0 Å². The third-order valence-electron chi connectivity index (χ3n) is 9.82. The van der Waals surface area contributed by atoms with Gasteiger partial charge in [-0.05, 0) is 56.6 Å². The predicted molar refractivity (Wildman–Crippen MR) is 122 cm³/mol.